The predicted octanol–water partition coefficient (Wildman–Crippen LogP) is -0.386. The van der Waals surface area contributed by atoms with E-state index < -0.39 is 5.97 Å². The molecule has 2 aromatic carbocycles. The second-order valence-corrected chi connectivity index (χ2v) is 5.26. The molecular weight excluding hydrogens is 505 g/mol. The molecule has 0 saturated heterocycles. The Morgan fingerprint density at radius 2 is 1.63 bits per heavy atom. The number of carbonyl (C=O) groups excluding carboxylic acids is 1. The molecule has 0 unspecified atom stereocenters. The van der Waals surface area contributed by atoms with Gasteiger partial charge in [-0.05, 0) is 41.8 Å². The molecule has 0 spiro atoms. The number of carbonyl (C=O) groups is 1. The Labute approximate surface area is 184 Å². The maximum absolute atomic E-state index is 12.4. The third-order valence-electron chi connectivity index (χ3n) is 3.73. The molecule has 0 saturated carbocycles. The molecular formula is C20H22BrNO4Pd-. The van der Waals surface area contributed by atoms with Crippen LogP contribution in [0.15, 0.2) is 42.5 Å². The van der Waals surface area contributed by atoms with Crippen LogP contribution in [0.5, 0.6) is 11.5 Å². The van der Waals surface area contributed by atoms with Gasteiger partial charge in [0.1, 0.15) is 0 Å². The van der Waals surface area contributed by atoms with E-state index in [0.717, 1.165) is 11.1 Å². The maximum atomic E-state index is 12.4. The van der Waals surface area contributed by atoms with E-state index in [1.54, 1.807) is 20.3 Å². The van der Waals surface area contributed by atoms with Crippen LogP contribution >= 0.6 is 0 Å². The van der Waals surface area contributed by atoms with Crippen LogP contribution in [0.1, 0.15) is 16.7 Å². The molecule has 0 aliphatic rings. The van der Waals surface area contributed by atoms with Gasteiger partial charge in [0.2, 0.25) is 0 Å². The van der Waals surface area contributed by atoms with Crippen LogP contribution in [0.25, 0.3) is 5.57 Å². The van der Waals surface area contributed by atoms with E-state index >= 15 is 0 Å². The average molecular weight is 527 g/mol. The standard InChI is InChI=1S/C20H22NO4.BrH.Pd/c1-23-18-12-15(9-10-21)16(13-19(18)24-2)17(20(22)25-3)11-14-7-5-4-6-8-14;;/h4-8,12-13H,9-10,21H2,1-3H3;1H;/p-1. The third kappa shape index (κ3) is 6.47. The molecule has 0 amide bonds. The van der Waals surface area contributed by atoms with Gasteiger partial charge in [-0.1, -0.05) is 30.3 Å². The number of benzene rings is 2. The maximum Gasteiger partial charge on any atom is 0.339 e. The first kappa shape index (κ1) is 25.4. The first-order valence-corrected chi connectivity index (χ1v) is 7.87. The van der Waals surface area contributed by atoms with E-state index in [9.17, 15) is 4.79 Å². The quantitative estimate of drug-likeness (QED) is 0.231. The van der Waals surface area contributed by atoms with Crippen LogP contribution < -0.4 is 32.2 Å². The van der Waals surface area contributed by atoms with Crippen LogP contribution in [-0.2, 0) is 36.4 Å². The van der Waals surface area contributed by atoms with Crippen molar-refractivity contribution in [3.05, 3.63) is 65.2 Å². The minimum Gasteiger partial charge on any atom is -1.00 e. The molecule has 2 aromatic rings. The summed E-state index contributed by atoms with van der Waals surface area (Å²) in [5.74, 6) is 0.627. The minimum absolute atomic E-state index is 0. The van der Waals surface area contributed by atoms with E-state index in [1.807, 2.05) is 36.4 Å². The zero-order valence-corrected chi connectivity index (χ0v) is 18.5. The van der Waals surface area contributed by atoms with Gasteiger partial charge in [-0.15, -0.1) is 0 Å². The molecule has 1 radical (unpaired) electrons. The number of methoxy groups -OCH3 is 3. The molecule has 0 aliphatic heterocycles. The fourth-order valence-corrected chi connectivity index (χ4v) is 2.51. The van der Waals surface area contributed by atoms with Crippen molar-refractivity contribution in [2.75, 3.05) is 27.9 Å². The van der Waals surface area contributed by atoms with Gasteiger partial charge in [0.15, 0.2) is 11.5 Å². The van der Waals surface area contributed by atoms with Crippen molar-refractivity contribution in [2.24, 2.45) is 5.73 Å². The number of rotatable bonds is 7. The normalized spacial score (nSPS) is 10.3. The van der Waals surface area contributed by atoms with Crippen molar-refractivity contribution in [3.8, 4) is 11.5 Å². The SMILES string of the molecule is COC(=O)C(=[C]c1ccccc1)c1cc(OC)c(OC)cc1CCN.[Br-].[Pd]. The molecule has 0 atom stereocenters. The fraction of sp³-hybridized carbons (Fsp3) is 0.250. The molecule has 0 aliphatic carbocycles. The van der Waals surface area contributed by atoms with Gasteiger partial charge in [0.05, 0.1) is 26.9 Å². The van der Waals surface area contributed by atoms with Gasteiger partial charge in [0.25, 0.3) is 0 Å². The van der Waals surface area contributed by atoms with E-state index in [4.69, 9.17) is 19.9 Å². The molecule has 2 N–H and O–H groups in total. The van der Waals surface area contributed by atoms with Crippen LogP contribution in [0.2, 0.25) is 0 Å². The van der Waals surface area contributed by atoms with E-state index in [1.165, 1.54) is 7.11 Å². The predicted molar refractivity (Wildman–Crippen MR) is 96.5 cm³/mol. The van der Waals surface area contributed by atoms with Gasteiger partial charge in [-0.2, -0.15) is 0 Å². The van der Waals surface area contributed by atoms with E-state index in [2.05, 4.69) is 6.08 Å². The van der Waals surface area contributed by atoms with Gasteiger partial charge in [-0.25, -0.2) is 4.79 Å². The van der Waals surface area contributed by atoms with Crippen LogP contribution in [0.4, 0.5) is 0 Å². The van der Waals surface area contributed by atoms with Crippen molar-refractivity contribution in [3.63, 3.8) is 0 Å². The van der Waals surface area contributed by atoms with Gasteiger partial charge in [0, 0.05) is 26.5 Å². The first-order valence-electron chi connectivity index (χ1n) is 7.87. The van der Waals surface area contributed by atoms with Gasteiger partial charge in [-0.3, -0.25) is 0 Å². The zero-order chi connectivity index (χ0) is 18.2. The second-order valence-electron chi connectivity index (χ2n) is 5.26. The smallest absolute Gasteiger partial charge is 0.339 e. The fourth-order valence-electron chi connectivity index (χ4n) is 2.51. The topological polar surface area (TPSA) is 70.8 Å². The summed E-state index contributed by atoms with van der Waals surface area (Å²) in [6.45, 7) is 0.433. The molecule has 0 heterocycles. The largest absolute Gasteiger partial charge is 1.00 e. The van der Waals surface area contributed by atoms with Crippen LogP contribution in [0.3, 0.4) is 0 Å². The Kier molecular flexibility index (Phi) is 11.9. The summed E-state index contributed by atoms with van der Waals surface area (Å²) in [6, 6.07) is 13.0. The number of nitrogens with two attached hydrogens (primary N) is 1. The van der Waals surface area contributed by atoms with Crippen molar-refractivity contribution < 1.29 is 56.4 Å². The van der Waals surface area contributed by atoms with E-state index in [-0.39, 0.29) is 37.4 Å². The van der Waals surface area contributed by atoms with Crippen molar-refractivity contribution in [2.45, 2.75) is 6.42 Å². The summed E-state index contributed by atoms with van der Waals surface area (Å²) < 4.78 is 15.7. The van der Waals surface area contributed by atoms with Gasteiger partial charge < -0.3 is 36.9 Å². The molecule has 7 heteroatoms. The Hall–Kier alpha value is -1.65. The van der Waals surface area contributed by atoms with Crippen LogP contribution in [-0.4, -0.2) is 33.8 Å². The third-order valence-corrected chi connectivity index (χ3v) is 3.73. The van der Waals surface area contributed by atoms with Crippen molar-refractivity contribution >= 4 is 11.5 Å². The number of hydrogen-bond acceptors (Lipinski definition) is 5. The molecule has 0 aromatic heterocycles. The van der Waals surface area contributed by atoms with Crippen molar-refractivity contribution in [1.82, 2.24) is 0 Å². The van der Waals surface area contributed by atoms with Gasteiger partial charge >= 0.3 is 5.97 Å². The minimum atomic E-state index is -0.477. The average Bonchev–Trinajstić information content (AvgIpc) is 2.66. The zero-order valence-electron chi connectivity index (χ0n) is 15.4. The molecule has 0 fully saturated rings. The number of halogens is 1. The number of hydrogen-bond donors (Lipinski definition) is 1. The second kappa shape index (κ2) is 12.7. The summed E-state index contributed by atoms with van der Waals surface area (Å²) in [4.78, 5) is 12.4. The summed E-state index contributed by atoms with van der Waals surface area (Å²) in [5.41, 5.74) is 8.36. The molecule has 5 nitrogen and oxygen atoms in total. The number of esters is 1. The first-order chi connectivity index (χ1) is 12.1. The molecule has 2 rings (SSSR count). The Morgan fingerprint density at radius 1 is 1.04 bits per heavy atom. The van der Waals surface area contributed by atoms with Crippen LogP contribution in [0, 0.1) is 6.08 Å². The Bertz CT molecular complexity index is 766. The summed E-state index contributed by atoms with van der Waals surface area (Å²) in [6.07, 6.45) is 3.71. The Morgan fingerprint density at radius 3 is 2.15 bits per heavy atom. The summed E-state index contributed by atoms with van der Waals surface area (Å²) >= 11 is 0. The number of ether oxygens (including phenoxy) is 3. The Balaban J connectivity index is 0.00000338. The molecule has 27 heavy (non-hydrogen) atoms. The summed E-state index contributed by atoms with van der Waals surface area (Å²) in [5, 5.41) is 0. The summed E-state index contributed by atoms with van der Waals surface area (Å²) in [7, 11) is 4.46. The molecule has 149 valence electrons. The molecule has 0 bridgehead atoms. The monoisotopic (exact) mass is 525 g/mol. The van der Waals surface area contributed by atoms with E-state index in [0.29, 0.717) is 35.6 Å². The van der Waals surface area contributed by atoms with Crippen molar-refractivity contribution in [1.29, 1.82) is 0 Å².